The molecule has 2 rings (SSSR count). The van der Waals surface area contributed by atoms with Gasteiger partial charge in [0.2, 0.25) is 0 Å². The van der Waals surface area contributed by atoms with E-state index in [1.807, 2.05) is 25.1 Å². The quantitative estimate of drug-likeness (QED) is 0.598. The van der Waals surface area contributed by atoms with Gasteiger partial charge in [0.15, 0.2) is 17.5 Å². The average molecular weight is 345 g/mol. The molecule has 0 saturated heterocycles. The lowest BCUT2D eigenvalue weighted by atomic mass is 10.2. The Balaban J connectivity index is 2.06. The standard InChI is InChI=1S/C19H24FN3O2/c1-4-21-19(22-12-14-8-10-16(20)11-9-14)23-13-15-6-5-7-17(24-2)18(15)25-3/h5-11H,4,12-13H2,1-3H3,(H2,21,22,23). The molecule has 5 nitrogen and oxygen atoms in total. The molecule has 0 radical (unpaired) electrons. The first-order valence-corrected chi connectivity index (χ1v) is 8.14. The molecular formula is C19H24FN3O2. The Morgan fingerprint density at radius 2 is 1.80 bits per heavy atom. The molecule has 0 aliphatic heterocycles. The molecule has 0 spiro atoms. The number of guanidine groups is 1. The van der Waals surface area contributed by atoms with Crippen molar-refractivity contribution in [2.24, 2.45) is 4.99 Å². The largest absolute Gasteiger partial charge is 0.493 e. The highest BCUT2D eigenvalue weighted by molar-refractivity contribution is 5.79. The Hall–Kier alpha value is -2.76. The smallest absolute Gasteiger partial charge is 0.191 e. The maximum absolute atomic E-state index is 13.0. The monoisotopic (exact) mass is 345 g/mol. The molecule has 0 heterocycles. The maximum atomic E-state index is 13.0. The first kappa shape index (κ1) is 18.6. The number of rotatable bonds is 7. The molecule has 0 aromatic heterocycles. The zero-order valence-electron chi connectivity index (χ0n) is 14.8. The van der Waals surface area contributed by atoms with Gasteiger partial charge in [-0.1, -0.05) is 24.3 Å². The van der Waals surface area contributed by atoms with Crippen LogP contribution in [0.4, 0.5) is 4.39 Å². The minimum Gasteiger partial charge on any atom is -0.493 e. The second kappa shape index (κ2) is 9.52. The molecule has 6 heteroatoms. The number of nitrogens with zero attached hydrogens (tertiary/aromatic N) is 1. The van der Waals surface area contributed by atoms with Crippen molar-refractivity contribution in [1.82, 2.24) is 10.6 Å². The Morgan fingerprint density at radius 1 is 1.04 bits per heavy atom. The van der Waals surface area contributed by atoms with E-state index in [2.05, 4.69) is 15.6 Å². The number of nitrogens with one attached hydrogen (secondary N) is 2. The number of methoxy groups -OCH3 is 2. The van der Waals surface area contributed by atoms with Gasteiger partial charge in [-0.2, -0.15) is 0 Å². The van der Waals surface area contributed by atoms with Crippen LogP contribution < -0.4 is 20.1 Å². The van der Waals surface area contributed by atoms with Crippen LogP contribution in [-0.4, -0.2) is 26.7 Å². The number of hydrogen-bond acceptors (Lipinski definition) is 3. The van der Waals surface area contributed by atoms with Gasteiger partial charge in [-0.25, -0.2) is 9.38 Å². The van der Waals surface area contributed by atoms with Crippen LogP contribution in [0, 0.1) is 5.82 Å². The number of halogens is 1. The van der Waals surface area contributed by atoms with Crippen LogP contribution in [-0.2, 0) is 13.1 Å². The van der Waals surface area contributed by atoms with E-state index in [1.165, 1.54) is 12.1 Å². The Bertz CT molecular complexity index is 702. The van der Waals surface area contributed by atoms with Crippen molar-refractivity contribution >= 4 is 5.96 Å². The second-order valence-corrected chi connectivity index (χ2v) is 5.33. The number of aliphatic imine (C=N–C) groups is 1. The van der Waals surface area contributed by atoms with Crippen LogP contribution in [0.15, 0.2) is 47.5 Å². The van der Waals surface area contributed by atoms with Crippen LogP contribution >= 0.6 is 0 Å². The Kier molecular flexibility index (Phi) is 7.07. The van der Waals surface area contributed by atoms with E-state index in [0.717, 1.165) is 17.7 Å². The zero-order valence-corrected chi connectivity index (χ0v) is 14.8. The summed E-state index contributed by atoms with van der Waals surface area (Å²) in [4.78, 5) is 4.53. The molecule has 0 saturated carbocycles. The van der Waals surface area contributed by atoms with Gasteiger partial charge in [-0.15, -0.1) is 0 Å². The normalized spacial score (nSPS) is 11.1. The van der Waals surface area contributed by atoms with Crippen molar-refractivity contribution in [2.45, 2.75) is 20.0 Å². The van der Waals surface area contributed by atoms with Crippen LogP contribution in [0.25, 0.3) is 0 Å². The van der Waals surface area contributed by atoms with E-state index in [1.54, 1.807) is 26.4 Å². The molecule has 0 aliphatic carbocycles. The van der Waals surface area contributed by atoms with E-state index in [9.17, 15) is 4.39 Å². The lowest BCUT2D eigenvalue weighted by Gasteiger charge is -2.15. The van der Waals surface area contributed by atoms with Gasteiger partial charge in [-0.05, 0) is 30.7 Å². The van der Waals surface area contributed by atoms with Crippen molar-refractivity contribution in [3.8, 4) is 11.5 Å². The Labute approximate surface area is 147 Å². The van der Waals surface area contributed by atoms with Crippen molar-refractivity contribution in [2.75, 3.05) is 20.8 Å². The summed E-state index contributed by atoms with van der Waals surface area (Å²) in [5.41, 5.74) is 1.91. The van der Waals surface area contributed by atoms with E-state index >= 15 is 0 Å². The summed E-state index contributed by atoms with van der Waals surface area (Å²) < 4.78 is 23.7. The highest BCUT2D eigenvalue weighted by Gasteiger charge is 2.09. The minimum absolute atomic E-state index is 0.247. The van der Waals surface area contributed by atoms with Crippen LogP contribution in [0.3, 0.4) is 0 Å². The molecule has 2 aromatic carbocycles. The van der Waals surface area contributed by atoms with Crippen LogP contribution in [0.1, 0.15) is 18.1 Å². The summed E-state index contributed by atoms with van der Waals surface area (Å²) in [6.45, 7) is 3.74. The predicted molar refractivity (Wildman–Crippen MR) is 97.6 cm³/mol. The number of benzene rings is 2. The molecule has 134 valence electrons. The summed E-state index contributed by atoms with van der Waals surface area (Å²) in [5.74, 6) is 1.82. The summed E-state index contributed by atoms with van der Waals surface area (Å²) in [6, 6.07) is 12.1. The first-order chi connectivity index (χ1) is 12.2. The van der Waals surface area contributed by atoms with Gasteiger partial charge in [0, 0.05) is 18.7 Å². The van der Waals surface area contributed by atoms with E-state index in [0.29, 0.717) is 30.5 Å². The molecule has 0 amide bonds. The van der Waals surface area contributed by atoms with E-state index in [-0.39, 0.29) is 5.82 Å². The van der Waals surface area contributed by atoms with Gasteiger partial charge < -0.3 is 20.1 Å². The third-order valence-corrected chi connectivity index (χ3v) is 3.61. The lowest BCUT2D eigenvalue weighted by molar-refractivity contribution is 0.351. The first-order valence-electron chi connectivity index (χ1n) is 8.14. The number of ether oxygens (including phenoxy) is 2. The summed E-state index contributed by atoms with van der Waals surface area (Å²) in [6.07, 6.45) is 0. The molecule has 0 unspecified atom stereocenters. The van der Waals surface area contributed by atoms with Crippen LogP contribution in [0.2, 0.25) is 0 Å². The minimum atomic E-state index is -0.247. The molecule has 0 fully saturated rings. The molecule has 0 atom stereocenters. The van der Waals surface area contributed by atoms with Gasteiger partial charge >= 0.3 is 0 Å². The molecule has 0 aliphatic rings. The molecular weight excluding hydrogens is 321 g/mol. The molecule has 25 heavy (non-hydrogen) atoms. The highest BCUT2D eigenvalue weighted by atomic mass is 19.1. The number of para-hydroxylation sites is 1. The Morgan fingerprint density at radius 3 is 2.44 bits per heavy atom. The third-order valence-electron chi connectivity index (χ3n) is 3.61. The highest BCUT2D eigenvalue weighted by Crippen LogP contribution is 2.30. The van der Waals surface area contributed by atoms with E-state index < -0.39 is 0 Å². The molecule has 2 N–H and O–H groups in total. The predicted octanol–water partition coefficient (Wildman–Crippen LogP) is 3.10. The fourth-order valence-electron chi connectivity index (χ4n) is 2.37. The SMILES string of the molecule is CCNC(=NCc1ccc(F)cc1)NCc1cccc(OC)c1OC. The maximum Gasteiger partial charge on any atom is 0.191 e. The molecule has 2 aromatic rings. The second-order valence-electron chi connectivity index (χ2n) is 5.33. The van der Waals surface area contributed by atoms with Gasteiger partial charge in [0.05, 0.1) is 20.8 Å². The summed E-state index contributed by atoms with van der Waals surface area (Å²) in [7, 11) is 3.23. The summed E-state index contributed by atoms with van der Waals surface area (Å²) in [5, 5.41) is 6.47. The van der Waals surface area contributed by atoms with Crippen molar-refractivity contribution in [3.05, 3.63) is 59.4 Å². The van der Waals surface area contributed by atoms with Crippen molar-refractivity contribution in [3.63, 3.8) is 0 Å². The van der Waals surface area contributed by atoms with Gasteiger partial charge in [0.1, 0.15) is 5.82 Å². The fourth-order valence-corrected chi connectivity index (χ4v) is 2.37. The number of hydrogen-bond donors (Lipinski definition) is 2. The van der Waals surface area contributed by atoms with Gasteiger partial charge in [-0.3, -0.25) is 0 Å². The van der Waals surface area contributed by atoms with E-state index in [4.69, 9.17) is 9.47 Å². The lowest BCUT2D eigenvalue weighted by Crippen LogP contribution is -2.36. The summed E-state index contributed by atoms with van der Waals surface area (Å²) >= 11 is 0. The zero-order chi connectivity index (χ0) is 18.1. The van der Waals surface area contributed by atoms with Crippen molar-refractivity contribution in [1.29, 1.82) is 0 Å². The molecule has 0 bridgehead atoms. The van der Waals surface area contributed by atoms with Crippen LogP contribution in [0.5, 0.6) is 11.5 Å². The third kappa shape index (κ3) is 5.38. The fraction of sp³-hybridized carbons (Fsp3) is 0.316. The topological polar surface area (TPSA) is 54.9 Å². The van der Waals surface area contributed by atoms with Crippen molar-refractivity contribution < 1.29 is 13.9 Å². The van der Waals surface area contributed by atoms with Gasteiger partial charge in [0.25, 0.3) is 0 Å². The average Bonchev–Trinajstić information content (AvgIpc) is 2.64.